The van der Waals surface area contributed by atoms with Gasteiger partial charge in [0.1, 0.15) is 6.26 Å². The molecule has 27 heavy (non-hydrogen) atoms. The molecule has 4 N–H and O–H groups in total. The van der Waals surface area contributed by atoms with Gasteiger partial charge in [-0.1, -0.05) is 12.8 Å². The van der Waals surface area contributed by atoms with Gasteiger partial charge in [-0.2, -0.15) is 0 Å². The highest BCUT2D eigenvalue weighted by molar-refractivity contribution is 6.04. The second-order valence-corrected chi connectivity index (χ2v) is 7.24. The van der Waals surface area contributed by atoms with Crippen LogP contribution >= 0.6 is 0 Å². The van der Waals surface area contributed by atoms with Gasteiger partial charge in [0, 0.05) is 48.2 Å². The highest BCUT2D eigenvalue weighted by atomic mass is 19.1. The van der Waals surface area contributed by atoms with Gasteiger partial charge in [0.05, 0.1) is 11.3 Å². The zero-order valence-corrected chi connectivity index (χ0v) is 14.7. The van der Waals surface area contributed by atoms with Crippen LogP contribution in [-0.2, 0) is 6.54 Å². The third kappa shape index (κ3) is 2.59. The fourth-order valence-electron chi connectivity index (χ4n) is 4.06. The van der Waals surface area contributed by atoms with E-state index in [0.717, 1.165) is 25.7 Å². The molecule has 5 rings (SSSR count). The van der Waals surface area contributed by atoms with Crippen LogP contribution in [0.4, 0.5) is 10.2 Å². The smallest absolute Gasteiger partial charge is 0.254 e. The summed E-state index contributed by atoms with van der Waals surface area (Å²) in [5.74, 6) is -0.631. The first kappa shape index (κ1) is 16.3. The first-order valence-corrected chi connectivity index (χ1v) is 9.20. The molecule has 0 spiro atoms. The van der Waals surface area contributed by atoms with Crippen LogP contribution in [0.25, 0.3) is 17.0 Å². The van der Waals surface area contributed by atoms with Gasteiger partial charge in [-0.15, -0.1) is 0 Å². The Morgan fingerprint density at radius 3 is 3.04 bits per heavy atom. The number of nitrogens with two attached hydrogens (primary N) is 1. The van der Waals surface area contributed by atoms with Gasteiger partial charge in [0.15, 0.2) is 11.6 Å². The molecule has 0 saturated heterocycles. The van der Waals surface area contributed by atoms with Crippen molar-refractivity contribution in [3.63, 3.8) is 0 Å². The summed E-state index contributed by atoms with van der Waals surface area (Å²) in [4.78, 5) is 16.8. The molecule has 0 bridgehead atoms. The second-order valence-electron chi connectivity index (χ2n) is 7.24. The van der Waals surface area contributed by atoms with Gasteiger partial charge >= 0.3 is 0 Å². The van der Waals surface area contributed by atoms with Crippen molar-refractivity contribution in [3.05, 3.63) is 41.7 Å². The highest BCUT2D eigenvalue weighted by Crippen LogP contribution is 2.34. The average molecular weight is 369 g/mol. The number of nitrogens with one attached hydrogen (secondary N) is 2. The Morgan fingerprint density at radius 1 is 1.37 bits per heavy atom. The molecule has 0 unspecified atom stereocenters. The molecule has 1 fully saturated rings. The zero-order valence-electron chi connectivity index (χ0n) is 14.7. The minimum atomic E-state index is -0.479. The second kappa shape index (κ2) is 6.09. The molecule has 4 heterocycles. The van der Waals surface area contributed by atoms with Crippen molar-refractivity contribution in [3.8, 4) is 11.3 Å². The maximum absolute atomic E-state index is 15.1. The maximum atomic E-state index is 15.1. The maximum Gasteiger partial charge on any atom is 0.254 e. The summed E-state index contributed by atoms with van der Waals surface area (Å²) in [5, 5.41) is 5.90. The molecule has 3 aromatic heterocycles. The lowest BCUT2D eigenvalue weighted by Gasteiger charge is -2.30. The topological polar surface area (TPSA) is 97.6 Å². The molecule has 3 aromatic rings. The number of carbonyl (C=O) groups is 1. The van der Waals surface area contributed by atoms with Gasteiger partial charge < -0.3 is 20.8 Å². The largest absolute Gasteiger partial charge is 0.447 e. The van der Waals surface area contributed by atoms with E-state index in [1.807, 2.05) is 6.20 Å². The number of pyridine rings is 1. The Labute approximate surface area is 154 Å². The van der Waals surface area contributed by atoms with E-state index in [0.29, 0.717) is 28.1 Å². The molecular formula is C19H20FN5O2. The molecular weight excluding hydrogens is 349 g/mol. The van der Waals surface area contributed by atoms with Crippen molar-refractivity contribution >= 4 is 17.4 Å². The van der Waals surface area contributed by atoms with Crippen molar-refractivity contribution in [1.29, 1.82) is 0 Å². The van der Waals surface area contributed by atoms with Gasteiger partial charge in [-0.05, 0) is 12.8 Å². The number of halogens is 1. The summed E-state index contributed by atoms with van der Waals surface area (Å²) < 4.78 is 22.3. The molecule has 1 aliphatic heterocycles. The highest BCUT2D eigenvalue weighted by Gasteiger charge is 2.32. The van der Waals surface area contributed by atoms with E-state index < -0.39 is 5.82 Å². The van der Waals surface area contributed by atoms with E-state index in [9.17, 15) is 4.79 Å². The van der Waals surface area contributed by atoms with E-state index in [1.165, 1.54) is 0 Å². The van der Waals surface area contributed by atoms with Crippen LogP contribution in [0.15, 0.2) is 29.1 Å². The molecule has 2 aliphatic rings. The van der Waals surface area contributed by atoms with E-state index in [4.69, 9.17) is 10.2 Å². The molecule has 1 saturated carbocycles. The first-order valence-electron chi connectivity index (χ1n) is 9.20. The minimum absolute atomic E-state index is 0.0259. The molecule has 7 nitrogen and oxygen atoms in total. The van der Waals surface area contributed by atoms with Crippen LogP contribution in [-0.4, -0.2) is 27.4 Å². The van der Waals surface area contributed by atoms with Crippen molar-refractivity contribution in [2.45, 2.75) is 44.3 Å². The van der Waals surface area contributed by atoms with E-state index in [1.54, 1.807) is 22.9 Å². The predicted octanol–water partition coefficient (Wildman–Crippen LogP) is 2.66. The number of hydrogen-bond acceptors (Lipinski definition) is 5. The number of oxazole rings is 1. The number of nitrogens with zero attached hydrogens (tertiary/aromatic N) is 2. The monoisotopic (exact) mass is 369 g/mol. The first-order chi connectivity index (χ1) is 13.1. The number of hydrogen-bond donors (Lipinski definition) is 3. The van der Waals surface area contributed by atoms with Crippen molar-refractivity contribution in [2.24, 2.45) is 5.73 Å². The number of anilines is 1. The normalized spacial score (nSPS) is 22.1. The van der Waals surface area contributed by atoms with Crippen LogP contribution in [0.2, 0.25) is 0 Å². The van der Waals surface area contributed by atoms with Gasteiger partial charge in [-0.3, -0.25) is 9.20 Å². The van der Waals surface area contributed by atoms with Gasteiger partial charge in [-0.25, -0.2) is 9.37 Å². The van der Waals surface area contributed by atoms with Crippen molar-refractivity contribution in [2.75, 3.05) is 5.32 Å². The quantitative estimate of drug-likeness (QED) is 0.659. The summed E-state index contributed by atoms with van der Waals surface area (Å²) in [6.07, 6.45) is 9.10. The Morgan fingerprint density at radius 2 is 2.22 bits per heavy atom. The van der Waals surface area contributed by atoms with Crippen LogP contribution < -0.4 is 16.4 Å². The lowest BCUT2D eigenvalue weighted by molar-refractivity contribution is 0.0966. The molecule has 0 radical (unpaired) electrons. The Kier molecular flexibility index (Phi) is 3.68. The number of fused-ring (bicyclic) bond motifs is 2. The number of rotatable bonds is 3. The summed E-state index contributed by atoms with van der Waals surface area (Å²) in [6.45, 7) is 0.158. The molecule has 8 heteroatoms. The predicted molar refractivity (Wildman–Crippen MR) is 97.9 cm³/mol. The van der Waals surface area contributed by atoms with Crippen LogP contribution in [0.1, 0.15) is 41.6 Å². The fourth-order valence-corrected chi connectivity index (χ4v) is 4.06. The summed E-state index contributed by atoms with van der Waals surface area (Å²) in [7, 11) is 0. The van der Waals surface area contributed by atoms with Gasteiger partial charge in [0.25, 0.3) is 5.91 Å². The summed E-state index contributed by atoms with van der Waals surface area (Å²) in [6, 6.07) is 1.73. The summed E-state index contributed by atoms with van der Waals surface area (Å²) >= 11 is 0. The number of aromatic nitrogens is 2. The lowest BCUT2D eigenvalue weighted by atomic mass is 9.91. The number of carbonyl (C=O) groups excluding carboxylic acids is 1. The number of amides is 1. The SMILES string of the molecule is N[C@H]1CCCC[C@H]1Nc1nc(-c2cc3occn3c2)c2c(c1F)CNC2=O. The lowest BCUT2D eigenvalue weighted by Crippen LogP contribution is -2.43. The fraction of sp³-hybridized carbons (Fsp3) is 0.368. The minimum Gasteiger partial charge on any atom is -0.447 e. The van der Waals surface area contributed by atoms with Crippen LogP contribution in [0, 0.1) is 5.82 Å². The zero-order chi connectivity index (χ0) is 18.5. The summed E-state index contributed by atoms with van der Waals surface area (Å²) in [5.41, 5.74) is 8.63. The Balaban J connectivity index is 1.62. The van der Waals surface area contributed by atoms with Crippen LogP contribution in [0.5, 0.6) is 0 Å². The van der Waals surface area contributed by atoms with E-state index in [-0.39, 0.29) is 30.4 Å². The molecule has 2 atom stereocenters. The third-order valence-corrected chi connectivity index (χ3v) is 5.52. The molecule has 140 valence electrons. The van der Waals surface area contributed by atoms with Crippen molar-refractivity contribution < 1.29 is 13.6 Å². The molecule has 1 aliphatic carbocycles. The van der Waals surface area contributed by atoms with E-state index in [2.05, 4.69) is 15.6 Å². The average Bonchev–Trinajstić information content (AvgIpc) is 3.34. The molecule has 1 amide bonds. The van der Waals surface area contributed by atoms with Crippen molar-refractivity contribution in [1.82, 2.24) is 14.7 Å². The van der Waals surface area contributed by atoms with Gasteiger partial charge in [0.2, 0.25) is 5.71 Å². The third-order valence-electron chi connectivity index (χ3n) is 5.52. The van der Waals surface area contributed by atoms with E-state index >= 15 is 4.39 Å². The van der Waals surface area contributed by atoms with Crippen LogP contribution in [0.3, 0.4) is 0 Å². The Bertz CT molecular complexity index is 1010. The standard InChI is InChI=1S/C19H20FN5O2/c20-16-11-8-22-19(26)15(11)17(10-7-14-25(9-10)5-6-27-14)24-18(16)23-13-4-2-1-3-12(13)21/h5-7,9,12-13H,1-4,8,21H2,(H,22,26)(H,23,24)/t12-,13+/m0/s1. The molecule has 0 aromatic carbocycles. The Hall–Kier alpha value is -2.87.